The summed E-state index contributed by atoms with van der Waals surface area (Å²) < 4.78 is 0. The molecule has 0 spiro atoms. The van der Waals surface area contributed by atoms with Crippen LogP contribution in [0.3, 0.4) is 0 Å². The molecule has 0 atom stereocenters. The molecule has 0 radical (unpaired) electrons. The Balaban J connectivity index is 0. The zero-order chi connectivity index (χ0) is 0. The van der Waals surface area contributed by atoms with Gasteiger partial charge in [0.05, 0.1) is 0 Å². The van der Waals surface area contributed by atoms with Gasteiger partial charge in [-0.05, 0) is 0 Å². The topological polar surface area (TPSA) is 0 Å². The fourth-order valence-corrected chi connectivity index (χ4v) is 0. The van der Waals surface area contributed by atoms with Crippen molar-refractivity contribution in [2.75, 3.05) is 0 Å². The van der Waals surface area contributed by atoms with E-state index in [4.69, 9.17) is 0 Å². The Labute approximate surface area is 58.2 Å². The average Bonchev–Trinajstić information content (AvgIpc) is 0. The summed E-state index contributed by atoms with van der Waals surface area (Å²) in [5.74, 6) is 0. The Morgan fingerprint density at radius 2 is 1.00 bits per heavy atom. The maximum absolute atomic E-state index is 0. The van der Waals surface area contributed by atoms with Crippen LogP contribution in [-0.4, -0.2) is 40.4 Å². The van der Waals surface area contributed by atoms with Gasteiger partial charge in [-0.1, -0.05) is 14.9 Å². The third-order valence-corrected chi connectivity index (χ3v) is 0. The van der Waals surface area contributed by atoms with E-state index >= 15 is 0 Å². The Bertz CT molecular complexity index is 11.5. The molecule has 0 bridgehead atoms. The van der Waals surface area contributed by atoms with Gasteiger partial charge in [-0.25, -0.2) is 0 Å². The van der Waals surface area contributed by atoms with Crippen LogP contribution in [0.25, 0.3) is 0 Å². The van der Waals surface area contributed by atoms with Gasteiger partial charge in [-0.2, -0.15) is 0 Å². The summed E-state index contributed by atoms with van der Waals surface area (Å²) in [4.78, 5) is 0. The maximum atomic E-state index is 0. The molecule has 0 aromatic rings. The molecule has 4 heavy (non-hydrogen) atoms. The second kappa shape index (κ2) is 27.7. The standard InChI is InChI=1S/2CH4.Al.Mg.5H/h2*1H4;;;;;;;/q;;;+2;;;;2*-1. The van der Waals surface area contributed by atoms with Crippen molar-refractivity contribution in [3.05, 3.63) is 0 Å². The van der Waals surface area contributed by atoms with Crippen LogP contribution in [0.4, 0.5) is 0 Å². The van der Waals surface area contributed by atoms with Crippen LogP contribution in [0, 0.1) is 0 Å². The van der Waals surface area contributed by atoms with E-state index in [0.29, 0.717) is 0 Å². The van der Waals surface area contributed by atoms with Crippen LogP contribution in [0.1, 0.15) is 17.7 Å². The second-order valence-electron chi connectivity index (χ2n) is 0. The van der Waals surface area contributed by atoms with Crippen LogP contribution in [0.5, 0.6) is 0 Å². The molecule has 26 valence electrons. The van der Waals surface area contributed by atoms with Gasteiger partial charge in [0.25, 0.3) is 0 Å². The molecule has 0 saturated heterocycles. The van der Waals surface area contributed by atoms with Crippen LogP contribution >= 0.6 is 0 Å². The van der Waals surface area contributed by atoms with Gasteiger partial charge in [-0.3, -0.25) is 0 Å². The van der Waals surface area contributed by atoms with Crippen molar-refractivity contribution in [2.45, 2.75) is 14.9 Å². The Morgan fingerprint density at radius 1 is 1.00 bits per heavy atom. The minimum absolute atomic E-state index is 0. The molecule has 0 nitrogen and oxygen atoms in total. The van der Waals surface area contributed by atoms with Crippen LogP contribution < -0.4 is 0 Å². The van der Waals surface area contributed by atoms with Crippen LogP contribution in [0.2, 0.25) is 0 Å². The average molecular weight is 88.4 g/mol. The first-order chi connectivity index (χ1) is 0. The number of rotatable bonds is 0. The maximum Gasteiger partial charge on any atom is 2.00 e. The smallest absolute Gasteiger partial charge is 1.00 e. The molecular formula is C2H13AlMg. The van der Waals surface area contributed by atoms with E-state index < -0.39 is 0 Å². The Morgan fingerprint density at radius 3 is 1.00 bits per heavy atom. The van der Waals surface area contributed by atoms with Gasteiger partial charge in [0, 0.05) is 0 Å². The van der Waals surface area contributed by atoms with Crippen molar-refractivity contribution in [3.8, 4) is 0 Å². The molecule has 0 aromatic heterocycles. The monoisotopic (exact) mass is 88.1 g/mol. The summed E-state index contributed by atoms with van der Waals surface area (Å²) in [7, 11) is 0. The second-order valence-corrected chi connectivity index (χ2v) is 0. The summed E-state index contributed by atoms with van der Waals surface area (Å²) in [6.45, 7) is 0. The SMILES string of the molecule is C.C.[AlH3].[H-].[H-].[Mg+2]. The Kier molecular flexibility index (Phi) is 403. The minimum atomic E-state index is 0. The van der Waals surface area contributed by atoms with Crippen molar-refractivity contribution in [3.63, 3.8) is 0 Å². The molecule has 0 unspecified atom stereocenters. The number of hydrogen-bond donors (Lipinski definition) is 0. The summed E-state index contributed by atoms with van der Waals surface area (Å²) in [6, 6.07) is 0. The molecule has 0 aromatic carbocycles. The van der Waals surface area contributed by atoms with Gasteiger partial charge in [0.15, 0.2) is 17.4 Å². The van der Waals surface area contributed by atoms with Crippen molar-refractivity contribution in [1.29, 1.82) is 0 Å². The van der Waals surface area contributed by atoms with E-state index in [9.17, 15) is 0 Å². The third kappa shape index (κ3) is 10.3. The van der Waals surface area contributed by atoms with Gasteiger partial charge >= 0.3 is 23.1 Å². The van der Waals surface area contributed by atoms with E-state index in [0.717, 1.165) is 0 Å². The zero-order valence-electron chi connectivity index (χ0n) is 2.71. The summed E-state index contributed by atoms with van der Waals surface area (Å²) in [5, 5.41) is 0. The largest absolute Gasteiger partial charge is 2.00 e. The first kappa shape index (κ1) is 58.1. The fraction of sp³-hybridized carbons (Fsp3) is 1.00. The van der Waals surface area contributed by atoms with E-state index in [1.165, 1.54) is 0 Å². The quantitative estimate of drug-likeness (QED) is 0.364. The van der Waals surface area contributed by atoms with E-state index in [1.54, 1.807) is 0 Å². The van der Waals surface area contributed by atoms with Crippen molar-refractivity contribution in [2.24, 2.45) is 0 Å². The normalized spacial score (nSPS) is 0. The van der Waals surface area contributed by atoms with Crippen molar-refractivity contribution < 1.29 is 2.85 Å². The zero-order valence-corrected chi connectivity index (χ0v) is 2.12. The molecule has 0 rings (SSSR count). The molecule has 0 aliphatic heterocycles. The molecule has 0 N–H and O–H groups in total. The molecule has 2 heteroatoms. The van der Waals surface area contributed by atoms with Gasteiger partial charge in [-0.15, -0.1) is 0 Å². The molecule has 0 saturated carbocycles. The van der Waals surface area contributed by atoms with Crippen LogP contribution in [-0.2, 0) is 0 Å². The first-order valence-electron chi connectivity index (χ1n) is 0. The fourth-order valence-electron chi connectivity index (χ4n) is 0. The number of hydrogen-bond acceptors (Lipinski definition) is 0. The summed E-state index contributed by atoms with van der Waals surface area (Å²) in [6.07, 6.45) is 0. The summed E-state index contributed by atoms with van der Waals surface area (Å²) >= 11 is 0. The van der Waals surface area contributed by atoms with Gasteiger partial charge < -0.3 is 2.85 Å². The predicted octanol–water partition coefficient (Wildman–Crippen LogP) is -0.0675. The Hall–Kier alpha value is 1.30. The van der Waals surface area contributed by atoms with E-state index in [2.05, 4.69) is 0 Å². The van der Waals surface area contributed by atoms with E-state index in [-0.39, 0.29) is 58.1 Å². The molecule has 0 fully saturated rings. The van der Waals surface area contributed by atoms with Crippen molar-refractivity contribution in [1.82, 2.24) is 0 Å². The van der Waals surface area contributed by atoms with Gasteiger partial charge in [0.2, 0.25) is 0 Å². The minimum Gasteiger partial charge on any atom is -1.00 e. The first-order valence-corrected chi connectivity index (χ1v) is 0. The third-order valence-electron chi connectivity index (χ3n) is 0. The predicted molar refractivity (Wildman–Crippen MR) is 31.4 cm³/mol. The van der Waals surface area contributed by atoms with E-state index in [1.807, 2.05) is 0 Å². The molecule has 0 heterocycles. The van der Waals surface area contributed by atoms with Crippen LogP contribution in [0.15, 0.2) is 0 Å². The van der Waals surface area contributed by atoms with Crippen molar-refractivity contribution >= 4 is 40.4 Å². The molecular weight excluding hydrogens is 75.3 g/mol. The summed E-state index contributed by atoms with van der Waals surface area (Å²) in [5.41, 5.74) is 0. The molecule has 0 aliphatic carbocycles. The molecule has 0 aliphatic rings. The van der Waals surface area contributed by atoms with Gasteiger partial charge in [0.1, 0.15) is 0 Å². The molecule has 0 amide bonds.